The first-order valence-corrected chi connectivity index (χ1v) is 11.3. The number of nitrogens with zero attached hydrogens (tertiary/aromatic N) is 1. The summed E-state index contributed by atoms with van der Waals surface area (Å²) in [4.78, 5) is 18.7. The molecule has 0 aliphatic heterocycles. The van der Waals surface area contributed by atoms with E-state index in [0.717, 1.165) is 27.4 Å². The van der Waals surface area contributed by atoms with Gasteiger partial charge in [0.15, 0.2) is 5.11 Å². The highest BCUT2D eigenvalue weighted by Gasteiger charge is 2.39. The summed E-state index contributed by atoms with van der Waals surface area (Å²) in [7, 11) is 0. The summed E-state index contributed by atoms with van der Waals surface area (Å²) in [6.07, 6.45) is 5.12. The van der Waals surface area contributed by atoms with Crippen molar-refractivity contribution in [2.75, 3.05) is 0 Å². The minimum atomic E-state index is -0.224. The van der Waals surface area contributed by atoms with Gasteiger partial charge < -0.3 is 5.32 Å². The number of fused-ring (bicyclic) bond motifs is 3. The molecule has 2 saturated carbocycles. The van der Waals surface area contributed by atoms with E-state index >= 15 is 0 Å². The number of amides is 1. The summed E-state index contributed by atoms with van der Waals surface area (Å²) in [6.45, 7) is 0. The molecule has 2 aliphatic rings. The van der Waals surface area contributed by atoms with Crippen LogP contribution in [0, 0.1) is 11.8 Å². The molecule has 3 atom stereocenters. The van der Waals surface area contributed by atoms with E-state index in [4.69, 9.17) is 17.2 Å². The maximum Gasteiger partial charge on any atom is 0.270 e. The van der Waals surface area contributed by atoms with Crippen LogP contribution in [0.25, 0.3) is 21.5 Å². The zero-order valence-corrected chi connectivity index (χ0v) is 17.5. The Balaban J connectivity index is 1.32. The van der Waals surface area contributed by atoms with Crippen molar-refractivity contribution in [1.29, 1.82) is 0 Å². The first-order chi connectivity index (χ1) is 14.2. The second-order valence-corrected chi connectivity index (χ2v) is 9.24. The molecule has 2 aromatic heterocycles. The lowest BCUT2D eigenvalue weighted by Gasteiger charge is -2.24. The number of rotatable bonds is 3. The zero-order valence-electron chi connectivity index (χ0n) is 15.9. The Kier molecular flexibility index (Phi) is 4.93. The first kappa shape index (κ1) is 18.5. The summed E-state index contributed by atoms with van der Waals surface area (Å²) >= 11 is 7.02. The molecular formula is C22H22N4OS2. The fourth-order valence-electron chi connectivity index (χ4n) is 4.72. The van der Waals surface area contributed by atoms with E-state index in [-0.39, 0.29) is 5.91 Å². The van der Waals surface area contributed by atoms with E-state index < -0.39 is 0 Å². The van der Waals surface area contributed by atoms with Crippen molar-refractivity contribution >= 4 is 45.5 Å². The largest absolute Gasteiger partial charge is 0.358 e. The monoisotopic (exact) mass is 422 g/mol. The third kappa shape index (κ3) is 3.72. The van der Waals surface area contributed by atoms with Crippen LogP contribution in [0.3, 0.4) is 0 Å². The second kappa shape index (κ2) is 7.72. The van der Waals surface area contributed by atoms with Crippen LogP contribution >= 0.6 is 23.6 Å². The highest BCUT2D eigenvalue weighted by atomic mass is 32.1. The number of hydrazine groups is 1. The van der Waals surface area contributed by atoms with Crippen LogP contribution < -0.4 is 16.2 Å². The SMILES string of the molecule is O=C(NNC(=S)N[C@H]1C[C@H]2CC[C@@H]1C2)c1cc(-c2cccs2)nc2ccccc12. The molecule has 29 heavy (non-hydrogen) atoms. The average molecular weight is 423 g/mol. The van der Waals surface area contributed by atoms with Crippen LogP contribution in [0.4, 0.5) is 0 Å². The number of thiocarbonyl (C=S) groups is 1. The number of carbonyl (C=O) groups excluding carboxylic acids is 1. The Bertz CT molecular complexity index is 1070. The normalized spacial score (nSPS) is 22.6. The van der Waals surface area contributed by atoms with Gasteiger partial charge in [0.25, 0.3) is 5.91 Å². The predicted molar refractivity (Wildman–Crippen MR) is 121 cm³/mol. The van der Waals surface area contributed by atoms with E-state index in [2.05, 4.69) is 16.2 Å². The highest BCUT2D eigenvalue weighted by molar-refractivity contribution is 7.80. The van der Waals surface area contributed by atoms with Crippen LogP contribution in [-0.4, -0.2) is 22.0 Å². The Morgan fingerprint density at radius 2 is 2.00 bits per heavy atom. The maximum atomic E-state index is 13.0. The number of nitrogens with one attached hydrogen (secondary N) is 3. The molecule has 0 radical (unpaired) electrons. The number of para-hydroxylation sites is 1. The van der Waals surface area contributed by atoms with Gasteiger partial charge in [0.1, 0.15) is 0 Å². The van der Waals surface area contributed by atoms with Crippen molar-refractivity contribution in [3.05, 3.63) is 53.4 Å². The fourth-order valence-corrected chi connectivity index (χ4v) is 5.61. The molecule has 5 nitrogen and oxygen atoms in total. The molecular weight excluding hydrogens is 400 g/mol. The average Bonchev–Trinajstić information content (AvgIpc) is 3.49. The standard InChI is InChI=1S/C22H22N4OS2/c27-21(25-26-22(28)24-18-11-13-7-8-14(18)10-13)16-12-19(20-6-3-9-29-20)23-17-5-2-1-4-15(16)17/h1-6,9,12-14,18H,7-8,10-11H2,(H,25,27)(H2,24,26,28)/t13-,14+,18-/m0/s1. The Morgan fingerprint density at radius 1 is 1.10 bits per heavy atom. The van der Waals surface area contributed by atoms with E-state index in [1.807, 2.05) is 47.8 Å². The third-order valence-electron chi connectivity index (χ3n) is 6.08. The van der Waals surface area contributed by atoms with E-state index in [1.165, 1.54) is 25.7 Å². The number of pyridine rings is 1. The number of hydrogen-bond acceptors (Lipinski definition) is 4. The summed E-state index contributed by atoms with van der Waals surface area (Å²) in [6, 6.07) is 14.0. The Labute approximate surface area is 178 Å². The quantitative estimate of drug-likeness (QED) is 0.435. The van der Waals surface area contributed by atoms with Crippen LogP contribution in [0.15, 0.2) is 47.8 Å². The van der Waals surface area contributed by atoms with Gasteiger partial charge in [0.05, 0.1) is 21.7 Å². The molecule has 0 saturated heterocycles. The van der Waals surface area contributed by atoms with E-state index in [1.54, 1.807) is 11.3 Å². The fraction of sp³-hybridized carbons (Fsp3) is 0.318. The lowest BCUT2D eigenvalue weighted by molar-refractivity contribution is 0.0945. The minimum Gasteiger partial charge on any atom is -0.358 e. The summed E-state index contributed by atoms with van der Waals surface area (Å²) in [5.41, 5.74) is 7.83. The van der Waals surface area contributed by atoms with Crippen LogP contribution in [0.1, 0.15) is 36.0 Å². The molecule has 148 valence electrons. The van der Waals surface area contributed by atoms with Crippen molar-refractivity contribution in [2.24, 2.45) is 11.8 Å². The van der Waals surface area contributed by atoms with Crippen molar-refractivity contribution in [3.63, 3.8) is 0 Å². The van der Waals surface area contributed by atoms with Crippen LogP contribution in [0.5, 0.6) is 0 Å². The van der Waals surface area contributed by atoms with Gasteiger partial charge in [-0.2, -0.15) is 0 Å². The summed E-state index contributed by atoms with van der Waals surface area (Å²) in [5.74, 6) is 1.33. The number of thiophene rings is 1. The van der Waals surface area contributed by atoms with Gasteiger partial charge >= 0.3 is 0 Å². The minimum absolute atomic E-state index is 0.224. The molecule has 2 bridgehead atoms. The molecule has 2 heterocycles. The van der Waals surface area contributed by atoms with Gasteiger partial charge in [-0.25, -0.2) is 4.98 Å². The zero-order chi connectivity index (χ0) is 19.8. The first-order valence-electron chi connectivity index (χ1n) is 9.98. The molecule has 7 heteroatoms. The van der Waals surface area contributed by atoms with E-state index in [0.29, 0.717) is 22.6 Å². The van der Waals surface area contributed by atoms with Gasteiger partial charge in [-0.3, -0.25) is 15.6 Å². The molecule has 1 amide bonds. The van der Waals surface area contributed by atoms with Crippen molar-refractivity contribution in [1.82, 2.24) is 21.2 Å². The molecule has 0 unspecified atom stereocenters. The number of carbonyl (C=O) groups is 1. The second-order valence-electron chi connectivity index (χ2n) is 7.88. The maximum absolute atomic E-state index is 13.0. The van der Waals surface area contributed by atoms with Crippen molar-refractivity contribution in [2.45, 2.75) is 31.7 Å². The van der Waals surface area contributed by atoms with E-state index in [9.17, 15) is 4.79 Å². The Hall–Kier alpha value is -2.51. The summed E-state index contributed by atoms with van der Waals surface area (Å²) < 4.78 is 0. The predicted octanol–water partition coefficient (Wildman–Crippen LogP) is 4.26. The Morgan fingerprint density at radius 3 is 2.76 bits per heavy atom. The molecule has 1 aromatic carbocycles. The van der Waals surface area contributed by atoms with Gasteiger partial charge in [-0.1, -0.05) is 30.7 Å². The molecule has 2 fully saturated rings. The van der Waals surface area contributed by atoms with Crippen LogP contribution in [0.2, 0.25) is 0 Å². The van der Waals surface area contributed by atoms with Crippen molar-refractivity contribution < 1.29 is 4.79 Å². The van der Waals surface area contributed by atoms with Gasteiger partial charge in [-0.05, 0) is 66.9 Å². The van der Waals surface area contributed by atoms with Crippen molar-refractivity contribution in [3.8, 4) is 10.6 Å². The smallest absolute Gasteiger partial charge is 0.270 e. The number of aromatic nitrogens is 1. The molecule has 2 aliphatic carbocycles. The molecule has 3 N–H and O–H groups in total. The van der Waals surface area contributed by atoms with Gasteiger partial charge in [0, 0.05) is 11.4 Å². The van der Waals surface area contributed by atoms with Crippen LogP contribution in [-0.2, 0) is 0 Å². The molecule has 0 spiro atoms. The lowest BCUT2D eigenvalue weighted by Crippen LogP contribution is -2.50. The van der Waals surface area contributed by atoms with Gasteiger partial charge in [0.2, 0.25) is 0 Å². The van der Waals surface area contributed by atoms with Gasteiger partial charge in [-0.15, -0.1) is 11.3 Å². The number of hydrogen-bond donors (Lipinski definition) is 3. The summed E-state index contributed by atoms with van der Waals surface area (Å²) in [5, 5.41) is 6.69. The topological polar surface area (TPSA) is 66.1 Å². The third-order valence-corrected chi connectivity index (χ3v) is 7.19. The molecule has 5 rings (SSSR count). The molecule has 3 aromatic rings. The lowest BCUT2D eigenvalue weighted by atomic mass is 9.96. The number of benzene rings is 1. The highest BCUT2D eigenvalue weighted by Crippen LogP contribution is 2.44.